The van der Waals surface area contributed by atoms with Crippen LogP contribution in [-0.4, -0.2) is 38.1 Å². The van der Waals surface area contributed by atoms with Gasteiger partial charge in [-0.05, 0) is 18.2 Å². The molecule has 1 aliphatic rings. The molecule has 17 heavy (non-hydrogen) atoms. The SMILES string of the molecule is O=S1(=O)CCN(c2ccc(Cl)cc2CO)CC1. The highest BCUT2D eigenvalue weighted by atomic mass is 35.5. The van der Waals surface area contributed by atoms with Crippen LogP contribution in [0.5, 0.6) is 0 Å². The van der Waals surface area contributed by atoms with E-state index in [2.05, 4.69) is 0 Å². The molecule has 0 atom stereocenters. The third-order valence-corrected chi connectivity index (χ3v) is 4.74. The van der Waals surface area contributed by atoms with Crippen LogP contribution in [0.2, 0.25) is 5.02 Å². The minimum Gasteiger partial charge on any atom is -0.392 e. The summed E-state index contributed by atoms with van der Waals surface area (Å²) < 4.78 is 22.7. The largest absolute Gasteiger partial charge is 0.392 e. The third kappa shape index (κ3) is 2.91. The summed E-state index contributed by atoms with van der Waals surface area (Å²) >= 11 is 5.85. The Morgan fingerprint density at radius 3 is 2.53 bits per heavy atom. The van der Waals surface area contributed by atoms with Crippen LogP contribution < -0.4 is 4.90 Å². The maximum absolute atomic E-state index is 11.3. The number of anilines is 1. The molecule has 6 heteroatoms. The fourth-order valence-electron chi connectivity index (χ4n) is 1.94. The highest BCUT2D eigenvalue weighted by Crippen LogP contribution is 2.25. The minimum atomic E-state index is -2.88. The van der Waals surface area contributed by atoms with Crippen molar-refractivity contribution in [2.45, 2.75) is 6.61 Å². The first-order valence-corrected chi connectivity index (χ1v) is 7.56. The van der Waals surface area contributed by atoms with Crippen molar-refractivity contribution in [2.75, 3.05) is 29.5 Å². The van der Waals surface area contributed by atoms with Gasteiger partial charge in [0.15, 0.2) is 9.84 Å². The lowest BCUT2D eigenvalue weighted by Crippen LogP contribution is -2.40. The van der Waals surface area contributed by atoms with Gasteiger partial charge in [-0.2, -0.15) is 0 Å². The summed E-state index contributed by atoms with van der Waals surface area (Å²) in [4.78, 5) is 1.98. The highest BCUT2D eigenvalue weighted by Gasteiger charge is 2.23. The van der Waals surface area contributed by atoms with Crippen LogP contribution in [0, 0.1) is 0 Å². The molecule has 0 spiro atoms. The van der Waals surface area contributed by atoms with Crippen molar-refractivity contribution in [2.24, 2.45) is 0 Å². The van der Waals surface area contributed by atoms with E-state index in [4.69, 9.17) is 11.6 Å². The number of rotatable bonds is 2. The smallest absolute Gasteiger partial charge is 0.153 e. The summed E-state index contributed by atoms with van der Waals surface area (Å²) in [6, 6.07) is 5.28. The summed E-state index contributed by atoms with van der Waals surface area (Å²) in [6.45, 7) is 0.840. The van der Waals surface area contributed by atoms with Gasteiger partial charge in [-0.25, -0.2) is 8.42 Å². The van der Waals surface area contributed by atoms with Gasteiger partial charge in [0, 0.05) is 29.4 Å². The average molecular weight is 276 g/mol. The Hall–Kier alpha value is -0.780. The fraction of sp³-hybridized carbons (Fsp3) is 0.455. The Kier molecular flexibility index (Phi) is 3.61. The highest BCUT2D eigenvalue weighted by molar-refractivity contribution is 7.91. The first kappa shape index (κ1) is 12.7. The zero-order valence-corrected chi connectivity index (χ0v) is 10.8. The molecule has 0 amide bonds. The quantitative estimate of drug-likeness (QED) is 0.877. The van der Waals surface area contributed by atoms with E-state index in [1.807, 2.05) is 11.0 Å². The zero-order valence-electron chi connectivity index (χ0n) is 9.26. The van der Waals surface area contributed by atoms with Gasteiger partial charge in [0.25, 0.3) is 0 Å². The molecule has 1 N–H and O–H groups in total. The molecular weight excluding hydrogens is 262 g/mol. The fourth-order valence-corrected chi connectivity index (χ4v) is 3.34. The second-order valence-corrected chi connectivity index (χ2v) is 6.81. The summed E-state index contributed by atoms with van der Waals surface area (Å²) in [5.74, 6) is 0.334. The molecule has 2 rings (SSSR count). The minimum absolute atomic E-state index is 0.0981. The van der Waals surface area contributed by atoms with Crippen molar-refractivity contribution >= 4 is 27.1 Å². The van der Waals surface area contributed by atoms with E-state index in [1.165, 1.54) is 0 Å². The molecule has 0 saturated carbocycles. The maximum Gasteiger partial charge on any atom is 0.153 e. The van der Waals surface area contributed by atoms with Crippen molar-refractivity contribution in [3.63, 3.8) is 0 Å². The van der Waals surface area contributed by atoms with Crippen molar-refractivity contribution in [1.82, 2.24) is 0 Å². The molecule has 0 bridgehead atoms. The van der Waals surface area contributed by atoms with E-state index in [9.17, 15) is 13.5 Å². The standard InChI is InChI=1S/C11H14ClNO3S/c12-10-1-2-11(9(7-10)8-14)13-3-5-17(15,16)6-4-13/h1-2,7,14H,3-6,8H2. The lowest BCUT2D eigenvalue weighted by Gasteiger charge is -2.30. The average Bonchev–Trinajstić information content (AvgIpc) is 2.29. The van der Waals surface area contributed by atoms with Crippen molar-refractivity contribution in [3.8, 4) is 0 Å². The molecular formula is C11H14ClNO3S. The van der Waals surface area contributed by atoms with Gasteiger partial charge < -0.3 is 10.0 Å². The van der Waals surface area contributed by atoms with Gasteiger partial charge in [-0.3, -0.25) is 0 Å². The summed E-state index contributed by atoms with van der Waals surface area (Å²) in [5, 5.41) is 9.84. The zero-order chi connectivity index (χ0) is 12.5. The molecule has 4 nitrogen and oxygen atoms in total. The first-order chi connectivity index (χ1) is 8.02. The van der Waals surface area contributed by atoms with E-state index in [1.54, 1.807) is 12.1 Å². The van der Waals surface area contributed by atoms with Crippen LogP contribution in [0.3, 0.4) is 0 Å². The van der Waals surface area contributed by atoms with Crippen LogP contribution in [0.25, 0.3) is 0 Å². The number of sulfone groups is 1. The Balaban J connectivity index is 2.24. The maximum atomic E-state index is 11.3. The topological polar surface area (TPSA) is 57.6 Å². The van der Waals surface area contributed by atoms with Gasteiger partial charge >= 0.3 is 0 Å². The molecule has 0 unspecified atom stereocenters. The summed E-state index contributed by atoms with van der Waals surface area (Å²) in [7, 11) is -2.88. The number of nitrogens with zero attached hydrogens (tertiary/aromatic N) is 1. The van der Waals surface area contributed by atoms with E-state index >= 15 is 0 Å². The third-order valence-electron chi connectivity index (χ3n) is 2.90. The number of halogens is 1. The Morgan fingerprint density at radius 1 is 1.29 bits per heavy atom. The molecule has 0 aliphatic carbocycles. The van der Waals surface area contributed by atoms with E-state index in [0.29, 0.717) is 18.1 Å². The summed E-state index contributed by atoms with van der Waals surface area (Å²) in [5.41, 5.74) is 1.60. The molecule has 1 saturated heterocycles. The molecule has 1 aliphatic heterocycles. The van der Waals surface area contributed by atoms with Crippen LogP contribution >= 0.6 is 11.6 Å². The Labute approximate surface area is 106 Å². The van der Waals surface area contributed by atoms with Crippen LogP contribution in [0.1, 0.15) is 5.56 Å². The van der Waals surface area contributed by atoms with Crippen LogP contribution in [0.15, 0.2) is 18.2 Å². The van der Waals surface area contributed by atoms with E-state index in [-0.39, 0.29) is 18.1 Å². The molecule has 94 valence electrons. The lowest BCUT2D eigenvalue weighted by atomic mass is 10.1. The van der Waals surface area contributed by atoms with E-state index in [0.717, 1.165) is 11.3 Å². The number of aliphatic hydroxyl groups excluding tert-OH is 1. The monoisotopic (exact) mass is 275 g/mol. The molecule has 1 aromatic carbocycles. The normalized spacial score (nSPS) is 19.3. The lowest BCUT2D eigenvalue weighted by molar-refractivity contribution is 0.282. The van der Waals surface area contributed by atoms with Crippen LogP contribution in [0.4, 0.5) is 5.69 Å². The Bertz CT molecular complexity index is 501. The molecule has 0 aromatic heterocycles. The molecule has 1 aromatic rings. The number of aliphatic hydroxyl groups is 1. The van der Waals surface area contributed by atoms with Crippen LogP contribution in [-0.2, 0) is 16.4 Å². The van der Waals surface area contributed by atoms with Gasteiger partial charge in [0.05, 0.1) is 18.1 Å². The molecule has 1 fully saturated rings. The van der Waals surface area contributed by atoms with Gasteiger partial charge in [-0.1, -0.05) is 11.6 Å². The summed E-state index contributed by atoms with van der Waals surface area (Å²) in [6.07, 6.45) is 0. The van der Waals surface area contributed by atoms with Gasteiger partial charge in [-0.15, -0.1) is 0 Å². The Morgan fingerprint density at radius 2 is 1.94 bits per heavy atom. The van der Waals surface area contributed by atoms with Gasteiger partial charge in [0.2, 0.25) is 0 Å². The molecule has 1 heterocycles. The number of hydrogen-bond donors (Lipinski definition) is 1. The predicted octanol–water partition coefficient (Wildman–Crippen LogP) is 1.07. The number of hydrogen-bond acceptors (Lipinski definition) is 4. The second-order valence-electron chi connectivity index (χ2n) is 4.07. The molecule has 0 radical (unpaired) electrons. The first-order valence-electron chi connectivity index (χ1n) is 5.36. The predicted molar refractivity (Wildman–Crippen MR) is 68.2 cm³/mol. The van der Waals surface area contributed by atoms with Crippen molar-refractivity contribution in [3.05, 3.63) is 28.8 Å². The van der Waals surface area contributed by atoms with Gasteiger partial charge in [0.1, 0.15) is 0 Å². The van der Waals surface area contributed by atoms with Crippen molar-refractivity contribution in [1.29, 1.82) is 0 Å². The second kappa shape index (κ2) is 4.84. The van der Waals surface area contributed by atoms with E-state index < -0.39 is 9.84 Å². The number of benzene rings is 1. The van der Waals surface area contributed by atoms with Crippen molar-refractivity contribution < 1.29 is 13.5 Å².